The minimum atomic E-state index is -0.267. The van der Waals surface area contributed by atoms with Crippen LogP contribution in [0.3, 0.4) is 0 Å². The summed E-state index contributed by atoms with van der Waals surface area (Å²) in [5.41, 5.74) is 4.74. The minimum Gasteiger partial charge on any atom is -0.463 e. The largest absolute Gasteiger partial charge is 0.463 e. The molecule has 1 saturated heterocycles. The zero-order valence-corrected chi connectivity index (χ0v) is 19.5. The molecule has 0 spiro atoms. The van der Waals surface area contributed by atoms with Gasteiger partial charge in [-0.25, -0.2) is 0 Å². The number of nitrogens with one attached hydrogen (secondary N) is 1. The van der Waals surface area contributed by atoms with Gasteiger partial charge in [-0.15, -0.1) is 0 Å². The summed E-state index contributed by atoms with van der Waals surface area (Å²) in [5.74, 6) is -0.209. The van der Waals surface area contributed by atoms with E-state index in [1.54, 1.807) is 0 Å². The van der Waals surface area contributed by atoms with Crippen molar-refractivity contribution in [3.63, 3.8) is 0 Å². The Balaban J connectivity index is 1.33. The lowest BCUT2D eigenvalue weighted by Crippen LogP contribution is -2.24. The lowest BCUT2D eigenvalue weighted by Gasteiger charge is -2.24. The Hall–Kier alpha value is -3.19. The standard InChI is InChI=1S/C27H33N3O4/c31-14-15-34-26(32)17-21-6-7-22-10-11-25(18-24(22)16-21)29-27(33)23-8-4-20(5-9-23)19-28-30-12-2-1-3-13-30/h4-5,8-11,18-19,21,31H,1-3,6-7,12-17H2,(H,29,33). The molecule has 0 aromatic heterocycles. The molecule has 1 aliphatic heterocycles. The topological polar surface area (TPSA) is 91.2 Å². The second-order valence-corrected chi connectivity index (χ2v) is 9.08. The van der Waals surface area contributed by atoms with E-state index in [4.69, 9.17) is 9.84 Å². The third-order valence-corrected chi connectivity index (χ3v) is 6.48. The molecule has 180 valence electrons. The Bertz CT molecular complexity index is 1010. The Morgan fingerprint density at radius 2 is 1.88 bits per heavy atom. The normalized spacial score (nSPS) is 17.9. The fourth-order valence-corrected chi connectivity index (χ4v) is 4.60. The molecule has 1 aliphatic carbocycles. The molecule has 1 fully saturated rings. The van der Waals surface area contributed by atoms with Gasteiger partial charge in [-0.2, -0.15) is 5.10 Å². The first-order chi connectivity index (χ1) is 16.6. The molecule has 2 N–H and O–H groups in total. The lowest BCUT2D eigenvalue weighted by atomic mass is 9.82. The number of fused-ring (bicyclic) bond motifs is 1. The van der Waals surface area contributed by atoms with Crippen LogP contribution >= 0.6 is 0 Å². The van der Waals surface area contributed by atoms with Gasteiger partial charge in [0.05, 0.1) is 12.8 Å². The number of rotatable bonds is 8. The summed E-state index contributed by atoms with van der Waals surface area (Å²) in [6.07, 6.45) is 8.48. The Kier molecular flexibility index (Phi) is 8.31. The molecule has 4 rings (SSSR count). The van der Waals surface area contributed by atoms with Gasteiger partial charge in [-0.05, 0) is 85.4 Å². The summed E-state index contributed by atoms with van der Waals surface area (Å²) in [5, 5.41) is 18.4. The van der Waals surface area contributed by atoms with Crippen molar-refractivity contribution in [3.8, 4) is 0 Å². The number of hydrogen-bond acceptors (Lipinski definition) is 6. The van der Waals surface area contributed by atoms with Gasteiger partial charge >= 0.3 is 5.97 Å². The van der Waals surface area contributed by atoms with Gasteiger partial charge in [0.25, 0.3) is 5.91 Å². The first-order valence-corrected chi connectivity index (χ1v) is 12.2. The Morgan fingerprint density at radius 3 is 2.65 bits per heavy atom. The van der Waals surface area contributed by atoms with Crippen molar-refractivity contribution >= 4 is 23.8 Å². The second-order valence-electron chi connectivity index (χ2n) is 9.08. The summed E-state index contributed by atoms with van der Waals surface area (Å²) in [6, 6.07) is 13.5. The van der Waals surface area contributed by atoms with E-state index < -0.39 is 0 Å². The van der Waals surface area contributed by atoms with Crippen molar-refractivity contribution in [1.29, 1.82) is 0 Å². The van der Waals surface area contributed by atoms with Crippen LogP contribution in [0.1, 0.15) is 59.2 Å². The van der Waals surface area contributed by atoms with E-state index in [0.717, 1.165) is 49.2 Å². The number of nitrogens with zero attached hydrogens (tertiary/aromatic N) is 2. The third kappa shape index (κ3) is 6.67. The smallest absolute Gasteiger partial charge is 0.306 e. The highest BCUT2D eigenvalue weighted by Gasteiger charge is 2.22. The molecule has 0 bridgehead atoms. The zero-order valence-electron chi connectivity index (χ0n) is 19.5. The van der Waals surface area contributed by atoms with E-state index in [2.05, 4.69) is 21.5 Å². The Morgan fingerprint density at radius 1 is 1.09 bits per heavy atom. The van der Waals surface area contributed by atoms with Crippen LogP contribution in [-0.2, 0) is 22.4 Å². The number of hydrogen-bond donors (Lipinski definition) is 2. The molecule has 0 saturated carbocycles. The van der Waals surface area contributed by atoms with E-state index in [1.807, 2.05) is 42.6 Å². The van der Waals surface area contributed by atoms with Gasteiger partial charge < -0.3 is 15.2 Å². The number of amides is 1. The van der Waals surface area contributed by atoms with Crippen molar-refractivity contribution in [2.24, 2.45) is 11.0 Å². The van der Waals surface area contributed by atoms with Crippen molar-refractivity contribution in [2.45, 2.75) is 44.9 Å². The number of carbonyl (C=O) groups excluding carboxylic acids is 2. The molecular formula is C27H33N3O4. The first kappa shape index (κ1) is 24.0. The minimum absolute atomic E-state index is 0.0462. The van der Waals surface area contributed by atoms with E-state index in [1.165, 1.54) is 24.8 Å². The van der Waals surface area contributed by atoms with E-state index in [9.17, 15) is 9.59 Å². The van der Waals surface area contributed by atoms with Crippen molar-refractivity contribution in [2.75, 3.05) is 31.6 Å². The number of esters is 1. The maximum atomic E-state index is 12.8. The van der Waals surface area contributed by atoms with Gasteiger partial charge in [-0.3, -0.25) is 14.6 Å². The quantitative estimate of drug-likeness (QED) is 0.459. The number of carbonyl (C=O) groups is 2. The molecule has 7 heteroatoms. The average Bonchev–Trinajstić information content (AvgIpc) is 2.87. The molecule has 2 aliphatic rings. The molecule has 34 heavy (non-hydrogen) atoms. The number of aliphatic hydroxyl groups excluding tert-OH is 1. The van der Waals surface area contributed by atoms with Crippen LogP contribution in [0.15, 0.2) is 47.6 Å². The molecule has 1 atom stereocenters. The molecule has 1 amide bonds. The summed E-state index contributed by atoms with van der Waals surface area (Å²) in [4.78, 5) is 24.7. The monoisotopic (exact) mass is 463 g/mol. The lowest BCUT2D eigenvalue weighted by molar-refractivity contribution is -0.145. The number of hydrazone groups is 1. The van der Waals surface area contributed by atoms with Gasteiger partial charge in [0.2, 0.25) is 0 Å². The van der Waals surface area contributed by atoms with Crippen molar-refractivity contribution < 1.29 is 19.4 Å². The zero-order chi connectivity index (χ0) is 23.8. The van der Waals surface area contributed by atoms with Crippen LogP contribution in [0.5, 0.6) is 0 Å². The molecule has 0 radical (unpaired) electrons. The van der Waals surface area contributed by atoms with E-state index in [-0.39, 0.29) is 31.0 Å². The molecule has 2 aromatic rings. The number of ether oxygens (including phenoxy) is 1. The summed E-state index contributed by atoms with van der Waals surface area (Å²) < 4.78 is 5.01. The van der Waals surface area contributed by atoms with E-state index >= 15 is 0 Å². The van der Waals surface area contributed by atoms with Crippen molar-refractivity contribution in [3.05, 3.63) is 64.7 Å². The highest BCUT2D eigenvalue weighted by atomic mass is 16.5. The third-order valence-electron chi connectivity index (χ3n) is 6.48. The second kappa shape index (κ2) is 11.8. The summed E-state index contributed by atoms with van der Waals surface area (Å²) in [6.45, 7) is 1.90. The Labute approximate surface area is 200 Å². The van der Waals surface area contributed by atoms with Crippen LogP contribution in [-0.4, -0.2) is 54.5 Å². The van der Waals surface area contributed by atoms with Crippen LogP contribution in [0.25, 0.3) is 0 Å². The van der Waals surface area contributed by atoms with Crippen LogP contribution in [0.4, 0.5) is 5.69 Å². The van der Waals surface area contributed by atoms with E-state index in [0.29, 0.717) is 12.0 Å². The number of aryl methyl sites for hydroxylation is 1. The summed E-state index contributed by atoms with van der Waals surface area (Å²) in [7, 11) is 0. The maximum absolute atomic E-state index is 12.8. The highest BCUT2D eigenvalue weighted by molar-refractivity contribution is 6.04. The van der Waals surface area contributed by atoms with Crippen LogP contribution in [0.2, 0.25) is 0 Å². The van der Waals surface area contributed by atoms with Gasteiger partial charge in [-0.1, -0.05) is 18.2 Å². The molecule has 2 aromatic carbocycles. The maximum Gasteiger partial charge on any atom is 0.306 e. The van der Waals surface area contributed by atoms with Gasteiger partial charge in [0, 0.05) is 30.8 Å². The van der Waals surface area contributed by atoms with Gasteiger partial charge in [0.1, 0.15) is 6.61 Å². The number of aliphatic hydroxyl groups is 1. The molecule has 1 heterocycles. The number of benzene rings is 2. The van der Waals surface area contributed by atoms with Crippen molar-refractivity contribution in [1.82, 2.24) is 5.01 Å². The SMILES string of the molecule is O=C(CC1CCc2ccc(NC(=O)c3ccc(C=NN4CCCCC4)cc3)cc2C1)OCCO. The molecule has 1 unspecified atom stereocenters. The fraction of sp³-hybridized carbons (Fsp3) is 0.444. The predicted octanol–water partition coefficient (Wildman–Crippen LogP) is 3.79. The number of anilines is 1. The predicted molar refractivity (Wildman–Crippen MR) is 132 cm³/mol. The number of piperidine rings is 1. The first-order valence-electron chi connectivity index (χ1n) is 12.2. The fourth-order valence-electron chi connectivity index (χ4n) is 4.60. The average molecular weight is 464 g/mol. The summed E-state index contributed by atoms with van der Waals surface area (Å²) >= 11 is 0. The van der Waals surface area contributed by atoms with Crippen LogP contribution < -0.4 is 5.32 Å². The highest BCUT2D eigenvalue weighted by Crippen LogP contribution is 2.30. The molecule has 7 nitrogen and oxygen atoms in total. The van der Waals surface area contributed by atoms with Gasteiger partial charge in [0.15, 0.2) is 0 Å². The molecular weight excluding hydrogens is 430 g/mol. The van der Waals surface area contributed by atoms with Crippen LogP contribution in [0, 0.1) is 5.92 Å².